The summed E-state index contributed by atoms with van der Waals surface area (Å²) < 4.78 is 21.3. The highest BCUT2D eigenvalue weighted by Gasteiger charge is 2.53. The largest absolute Gasteiger partial charge is 0.504 e. The summed E-state index contributed by atoms with van der Waals surface area (Å²) in [5, 5.41) is 74.2. The number of aliphatic hydroxyl groups excluding tert-OH is 6. The number of fused-ring (bicyclic) bond motifs is 1. The number of allylic oxidation sites excluding steroid dienone is 1. The molecule has 0 spiro atoms. The molecular formula is C25H33NO12. The zero-order valence-electron chi connectivity index (χ0n) is 20.5. The number of nitrogens with one attached hydrogen (secondary N) is 1. The molecule has 0 bridgehead atoms. The van der Waals surface area contributed by atoms with Crippen molar-refractivity contribution < 1.29 is 59.5 Å². The van der Waals surface area contributed by atoms with E-state index in [-0.39, 0.29) is 30.3 Å². The highest BCUT2D eigenvalue weighted by atomic mass is 16.7. The van der Waals surface area contributed by atoms with Gasteiger partial charge in [0.15, 0.2) is 11.5 Å². The number of rotatable bonds is 8. The fourth-order valence-electron chi connectivity index (χ4n) is 4.79. The quantitative estimate of drug-likeness (QED) is 0.132. The van der Waals surface area contributed by atoms with Crippen molar-refractivity contribution in [1.29, 1.82) is 0 Å². The van der Waals surface area contributed by atoms with E-state index in [1.54, 1.807) is 0 Å². The molecule has 210 valence electrons. The second-order valence-electron chi connectivity index (χ2n) is 9.55. The van der Waals surface area contributed by atoms with Crippen LogP contribution in [0, 0.1) is 0 Å². The summed E-state index contributed by atoms with van der Waals surface area (Å²) in [7, 11) is 0. The average molecular weight is 540 g/mol. The molecule has 0 radical (unpaired) electrons. The first-order valence-corrected chi connectivity index (χ1v) is 12.1. The van der Waals surface area contributed by atoms with Crippen LogP contribution in [0.4, 0.5) is 0 Å². The Labute approximate surface area is 218 Å². The number of carbonyl (C=O) groups is 1. The number of aliphatic hydroxyl groups is 6. The van der Waals surface area contributed by atoms with Crippen molar-refractivity contribution in [3.8, 4) is 11.5 Å². The summed E-state index contributed by atoms with van der Waals surface area (Å²) in [4.78, 5) is 13.1. The maximum absolute atomic E-state index is 13.1. The van der Waals surface area contributed by atoms with Gasteiger partial charge in [0.1, 0.15) is 55.6 Å². The third kappa shape index (κ3) is 5.57. The van der Waals surface area contributed by atoms with Crippen LogP contribution in [0.2, 0.25) is 0 Å². The van der Waals surface area contributed by atoms with Gasteiger partial charge in [0.25, 0.3) is 0 Å². The number of phenols is 1. The Bertz CT molecular complexity index is 1050. The van der Waals surface area contributed by atoms with Gasteiger partial charge in [0.2, 0.25) is 12.2 Å². The Kier molecular flexibility index (Phi) is 8.72. The topological polar surface area (TPSA) is 208 Å². The maximum Gasteiger partial charge on any atom is 0.247 e. The minimum absolute atomic E-state index is 0.0739. The van der Waals surface area contributed by atoms with Gasteiger partial charge in [-0.25, -0.2) is 0 Å². The SMILES string of the molecule is C=CC/C(=C\c1ccc(O[C@@H]2O[C@H]([C@@H](C)O)[C@@H](O)[C@@H]2O)c(O)c1)C(=O)N[C@@H]1[C@H](O)[C@@H](O)[C@H]2OCO[C@H]2[C@@H]1O. The third-order valence-electron chi connectivity index (χ3n) is 6.86. The molecule has 13 nitrogen and oxygen atoms in total. The van der Waals surface area contributed by atoms with Crippen LogP contribution >= 0.6 is 0 Å². The van der Waals surface area contributed by atoms with Crippen LogP contribution in [-0.4, -0.2) is 116 Å². The predicted molar refractivity (Wildman–Crippen MR) is 128 cm³/mol. The van der Waals surface area contributed by atoms with Gasteiger partial charge in [-0.15, -0.1) is 6.58 Å². The van der Waals surface area contributed by atoms with E-state index >= 15 is 0 Å². The van der Waals surface area contributed by atoms with E-state index in [0.717, 1.165) is 0 Å². The lowest BCUT2D eigenvalue weighted by Gasteiger charge is -2.41. The monoisotopic (exact) mass is 539 g/mol. The predicted octanol–water partition coefficient (Wildman–Crippen LogP) is -2.12. The van der Waals surface area contributed by atoms with Crippen molar-refractivity contribution in [3.63, 3.8) is 0 Å². The van der Waals surface area contributed by atoms with Crippen LogP contribution < -0.4 is 10.1 Å². The highest BCUT2D eigenvalue weighted by Crippen LogP contribution is 2.33. The second-order valence-corrected chi connectivity index (χ2v) is 9.55. The summed E-state index contributed by atoms with van der Waals surface area (Å²) in [5.74, 6) is -1.08. The fraction of sp³-hybridized carbons (Fsp3) is 0.560. The molecule has 1 aromatic rings. The first-order valence-electron chi connectivity index (χ1n) is 12.1. The van der Waals surface area contributed by atoms with Gasteiger partial charge in [0, 0.05) is 5.57 Å². The van der Waals surface area contributed by atoms with Crippen molar-refractivity contribution in [2.24, 2.45) is 0 Å². The lowest BCUT2D eigenvalue weighted by atomic mass is 9.83. The highest BCUT2D eigenvalue weighted by molar-refractivity contribution is 5.98. The summed E-state index contributed by atoms with van der Waals surface area (Å²) in [5.41, 5.74) is 0.555. The summed E-state index contributed by atoms with van der Waals surface area (Å²) in [6, 6.07) is 2.93. The number of aromatic hydroxyl groups is 1. The van der Waals surface area contributed by atoms with Gasteiger partial charge in [-0.1, -0.05) is 12.1 Å². The van der Waals surface area contributed by atoms with Gasteiger partial charge in [-0.3, -0.25) is 4.79 Å². The van der Waals surface area contributed by atoms with Crippen LogP contribution in [-0.2, 0) is 19.0 Å². The van der Waals surface area contributed by atoms with Gasteiger partial charge < -0.3 is 60.0 Å². The summed E-state index contributed by atoms with van der Waals surface area (Å²) >= 11 is 0. The number of ether oxygens (including phenoxy) is 4. The van der Waals surface area contributed by atoms with Gasteiger partial charge in [0.05, 0.1) is 12.1 Å². The number of amides is 1. The molecule has 1 aromatic carbocycles. The lowest BCUT2D eigenvalue weighted by Crippen LogP contribution is -2.67. The van der Waals surface area contributed by atoms with E-state index in [2.05, 4.69) is 11.9 Å². The van der Waals surface area contributed by atoms with Crippen molar-refractivity contribution in [2.75, 3.05) is 6.79 Å². The number of hydrogen-bond donors (Lipinski definition) is 8. The molecule has 0 unspecified atom stereocenters. The Morgan fingerprint density at radius 3 is 2.39 bits per heavy atom. The molecule has 11 atom stereocenters. The Morgan fingerprint density at radius 2 is 1.79 bits per heavy atom. The van der Waals surface area contributed by atoms with E-state index in [1.807, 2.05) is 0 Å². The Balaban J connectivity index is 1.47. The number of hydrogen-bond acceptors (Lipinski definition) is 12. The van der Waals surface area contributed by atoms with Gasteiger partial charge in [-0.05, 0) is 37.1 Å². The Hall–Kier alpha value is -2.59. The second kappa shape index (κ2) is 11.7. The van der Waals surface area contributed by atoms with Crippen LogP contribution in [0.15, 0.2) is 36.4 Å². The van der Waals surface area contributed by atoms with Gasteiger partial charge >= 0.3 is 0 Å². The minimum Gasteiger partial charge on any atom is -0.504 e. The fourth-order valence-corrected chi connectivity index (χ4v) is 4.79. The van der Waals surface area contributed by atoms with E-state index in [0.29, 0.717) is 5.56 Å². The van der Waals surface area contributed by atoms with Crippen LogP contribution in [0.1, 0.15) is 18.9 Å². The number of benzene rings is 1. The van der Waals surface area contributed by atoms with Crippen molar-refractivity contribution in [2.45, 2.75) is 80.6 Å². The lowest BCUT2D eigenvalue weighted by molar-refractivity contribution is -0.155. The normalized spacial score (nSPS) is 37.9. The third-order valence-corrected chi connectivity index (χ3v) is 6.86. The Morgan fingerprint density at radius 1 is 1.11 bits per heavy atom. The number of phenolic OH excluding ortho intramolecular Hbond substituents is 1. The maximum atomic E-state index is 13.1. The summed E-state index contributed by atoms with van der Waals surface area (Å²) in [6.07, 6.45) is -9.38. The molecule has 2 heterocycles. The molecule has 13 heteroatoms. The molecule has 0 aromatic heterocycles. The zero-order chi connectivity index (χ0) is 27.7. The summed E-state index contributed by atoms with van der Waals surface area (Å²) in [6.45, 7) is 4.87. The van der Waals surface area contributed by atoms with E-state index in [1.165, 1.54) is 37.3 Å². The molecular weight excluding hydrogens is 506 g/mol. The standard InChI is InChI=1S/C25H33NO12/c1-3-4-12(24(34)26-15-16(29)18(31)23-22(17(15)30)35-9-36-23)7-11-5-6-14(13(28)8-11)37-25-20(33)19(32)21(38-25)10(2)27/h3,5-8,10,15-23,25,27-33H,1,4,9H2,2H3,(H,26,34)/b12-7+/t10-,15-,16+,17-,18-,19+,20+,21-,22+,23-,25-/m1/s1. The van der Waals surface area contributed by atoms with E-state index < -0.39 is 73.2 Å². The van der Waals surface area contributed by atoms with E-state index in [4.69, 9.17) is 18.9 Å². The molecule has 1 aliphatic carbocycles. The van der Waals surface area contributed by atoms with Crippen molar-refractivity contribution in [3.05, 3.63) is 42.0 Å². The smallest absolute Gasteiger partial charge is 0.247 e. The molecule has 3 fully saturated rings. The molecule has 1 saturated carbocycles. The molecule has 8 N–H and O–H groups in total. The zero-order valence-corrected chi connectivity index (χ0v) is 20.5. The van der Waals surface area contributed by atoms with E-state index in [9.17, 15) is 40.5 Å². The minimum atomic E-state index is -1.51. The van der Waals surface area contributed by atoms with Crippen LogP contribution in [0.5, 0.6) is 11.5 Å². The average Bonchev–Trinajstić information content (AvgIpc) is 3.48. The molecule has 1 amide bonds. The molecule has 3 aliphatic rings. The molecule has 38 heavy (non-hydrogen) atoms. The van der Waals surface area contributed by atoms with Crippen molar-refractivity contribution in [1.82, 2.24) is 5.32 Å². The first kappa shape index (κ1) is 28.4. The molecule has 2 saturated heterocycles. The van der Waals surface area contributed by atoms with Crippen LogP contribution in [0.3, 0.4) is 0 Å². The first-order chi connectivity index (χ1) is 18.0. The van der Waals surface area contributed by atoms with Crippen LogP contribution in [0.25, 0.3) is 6.08 Å². The molecule has 2 aliphatic heterocycles. The van der Waals surface area contributed by atoms with Crippen molar-refractivity contribution >= 4 is 12.0 Å². The molecule has 4 rings (SSSR count). The number of carbonyl (C=O) groups excluding carboxylic acids is 1. The van der Waals surface area contributed by atoms with Gasteiger partial charge in [-0.2, -0.15) is 0 Å².